The molecule has 0 aliphatic heterocycles. The van der Waals surface area contributed by atoms with Crippen LogP contribution in [0.25, 0.3) is 0 Å². The summed E-state index contributed by atoms with van der Waals surface area (Å²) >= 11 is 5.31. The van der Waals surface area contributed by atoms with Gasteiger partial charge in [0.1, 0.15) is 17.3 Å². The van der Waals surface area contributed by atoms with Crippen molar-refractivity contribution in [2.45, 2.75) is 47.8 Å². The van der Waals surface area contributed by atoms with Gasteiger partial charge in [0.25, 0.3) is 17.5 Å². The highest BCUT2D eigenvalue weighted by molar-refractivity contribution is 8.45. The maximum Gasteiger partial charge on any atom is 0.310 e. The first kappa shape index (κ1) is 27.4. The van der Waals surface area contributed by atoms with Gasteiger partial charge in [0, 0.05) is 42.0 Å². The highest BCUT2D eigenvalue weighted by Crippen LogP contribution is 3.02. The summed E-state index contributed by atoms with van der Waals surface area (Å²) in [4.78, 5) is 31.7. The number of carbonyl (C=O) groups excluding carboxylic acids is 2. The Bertz CT molecular complexity index is 1200. The number of nitrogens with one attached hydrogen (secondary N) is 1. The number of hydrogen-bond donors (Lipinski definition) is 1. The molecule has 0 saturated heterocycles. The molecule has 2 amide bonds. The molecule has 1 N–H and O–H groups in total. The molecule has 0 spiro atoms. The number of alkyl halides is 4. The molecule has 1 heterocycles. The Hall–Kier alpha value is -2.68. The second-order valence-electron chi connectivity index (χ2n) is 9.05. The van der Waals surface area contributed by atoms with E-state index in [0.29, 0.717) is 17.0 Å². The second kappa shape index (κ2) is 8.41. The van der Waals surface area contributed by atoms with Gasteiger partial charge in [-0.15, -0.1) is 0 Å². The lowest BCUT2D eigenvalue weighted by atomic mass is 9.92. The molecule has 2 aliphatic carbocycles. The standard InChI is InChI=1S/C21H19ClF8N4O2S/c22-18(23)20(36)34(14-1-3-15(4-2-14)37(26,27,28,29)30)17(12-8-31-10-32-9-12)19(35)33-16-6-13-5-11(16)7-21(13,24)25/h1-4,8-11,13,16-18H,5-7H2,(H,33,35)/t11?,13?,16-,17-,18-/m0/s1. The van der Waals surface area contributed by atoms with Crippen LogP contribution in [0, 0.1) is 11.8 Å². The number of benzene rings is 1. The Balaban J connectivity index is 1.73. The van der Waals surface area contributed by atoms with Crippen LogP contribution < -0.4 is 10.2 Å². The minimum Gasteiger partial charge on any atom is -0.351 e. The molecule has 6 nitrogen and oxygen atoms in total. The second-order valence-corrected chi connectivity index (χ2v) is 11.8. The first-order valence-electron chi connectivity index (χ1n) is 10.8. The van der Waals surface area contributed by atoms with Crippen LogP contribution in [0.5, 0.6) is 0 Å². The average Bonchev–Trinajstić information content (AvgIpc) is 3.31. The Kier molecular flexibility index (Phi) is 6.22. The van der Waals surface area contributed by atoms with E-state index in [2.05, 4.69) is 15.3 Å². The molecule has 204 valence electrons. The van der Waals surface area contributed by atoms with Gasteiger partial charge in [0.15, 0.2) is 0 Å². The number of anilines is 1. The highest BCUT2D eigenvalue weighted by Gasteiger charge is 2.65. The van der Waals surface area contributed by atoms with Gasteiger partial charge in [-0.2, -0.15) is 0 Å². The van der Waals surface area contributed by atoms with E-state index >= 15 is 0 Å². The molecule has 5 atom stereocenters. The third kappa shape index (κ3) is 5.61. The summed E-state index contributed by atoms with van der Waals surface area (Å²) in [6.07, 6.45) is 2.83. The highest BCUT2D eigenvalue weighted by atomic mass is 35.5. The molecule has 1 aromatic carbocycles. The Morgan fingerprint density at radius 1 is 1.05 bits per heavy atom. The van der Waals surface area contributed by atoms with Gasteiger partial charge >= 0.3 is 10.2 Å². The molecular weight excluding hydrogens is 560 g/mol. The molecule has 37 heavy (non-hydrogen) atoms. The van der Waals surface area contributed by atoms with Crippen molar-refractivity contribution in [3.8, 4) is 0 Å². The number of hydrogen-bond acceptors (Lipinski definition) is 4. The summed E-state index contributed by atoms with van der Waals surface area (Å²) in [6.45, 7) is 0. The lowest BCUT2D eigenvalue weighted by Crippen LogP contribution is -2.50. The van der Waals surface area contributed by atoms with Gasteiger partial charge in [-0.1, -0.05) is 31.0 Å². The molecule has 16 heteroatoms. The predicted octanol–water partition coefficient (Wildman–Crippen LogP) is 6.29. The maximum atomic E-state index is 14.0. The van der Waals surface area contributed by atoms with Crippen LogP contribution in [-0.4, -0.2) is 39.4 Å². The van der Waals surface area contributed by atoms with Crippen molar-refractivity contribution in [3.05, 3.63) is 48.5 Å². The van der Waals surface area contributed by atoms with E-state index in [0.717, 1.165) is 18.7 Å². The predicted molar refractivity (Wildman–Crippen MR) is 119 cm³/mol. The Labute approximate surface area is 210 Å². The first-order chi connectivity index (χ1) is 16.9. The molecule has 2 aliphatic rings. The topological polar surface area (TPSA) is 75.2 Å². The number of amides is 2. The Morgan fingerprint density at radius 2 is 1.65 bits per heavy atom. The van der Waals surface area contributed by atoms with Crippen LogP contribution in [0.1, 0.15) is 30.9 Å². The van der Waals surface area contributed by atoms with Crippen LogP contribution in [0.2, 0.25) is 0 Å². The Morgan fingerprint density at radius 3 is 2.11 bits per heavy atom. The van der Waals surface area contributed by atoms with Crippen molar-refractivity contribution < 1.29 is 42.2 Å². The maximum absolute atomic E-state index is 14.0. The van der Waals surface area contributed by atoms with E-state index in [1.54, 1.807) is 0 Å². The van der Waals surface area contributed by atoms with Crippen LogP contribution in [0.3, 0.4) is 0 Å². The van der Waals surface area contributed by atoms with Crippen molar-refractivity contribution in [3.63, 3.8) is 0 Å². The summed E-state index contributed by atoms with van der Waals surface area (Å²) in [5.41, 5.74) is -3.48. The molecule has 2 aromatic rings. The zero-order valence-electron chi connectivity index (χ0n) is 18.5. The first-order valence-corrected chi connectivity index (χ1v) is 13.1. The molecule has 2 unspecified atom stereocenters. The monoisotopic (exact) mass is 578 g/mol. The van der Waals surface area contributed by atoms with Crippen molar-refractivity contribution in [2.75, 3.05) is 4.90 Å². The summed E-state index contributed by atoms with van der Waals surface area (Å²) in [5, 5.41) is 2.56. The number of halogens is 9. The van der Waals surface area contributed by atoms with Crippen molar-refractivity contribution >= 4 is 39.3 Å². The lowest BCUT2D eigenvalue weighted by Gasteiger charge is -2.40. The lowest BCUT2D eigenvalue weighted by molar-refractivity contribution is -0.128. The molecule has 2 saturated carbocycles. The molecule has 2 fully saturated rings. The number of aromatic nitrogens is 2. The van der Waals surface area contributed by atoms with Gasteiger partial charge in [-0.25, -0.2) is 23.1 Å². The fraction of sp³-hybridized carbons (Fsp3) is 0.429. The van der Waals surface area contributed by atoms with E-state index in [9.17, 15) is 42.2 Å². The minimum absolute atomic E-state index is 0.00684. The third-order valence-electron chi connectivity index (χ3n) is 6.54. The molecule has 0 radical (unpaired) electrons. The summed E-state index contributed by atoms with van der Waals surface area (Å²) in [5.74, 6) is -7.01. The van der Waals surface area contributed by atoms with E-state index in [1.165, 1.54) is 0 Å². The average molecular weight is 579 g/mol. The van der Waals surface area contributed by atoms with Crippen molar-refractivity contribution in [1.82, 2.24) is 15.3 Å². The van der Waals surface area contributed by atoms with E-state index in [4.69, 9.17) is 11.6 Å². The number of carbonyl (C=O) groups is 2. The van der Waals surface area contributed by atoms with Gasteiger partial charge < -0.3 is 5.32 Å². The fourth-order valence-electron chi connectivity index (χ4n) is 4.89. The molecule has 2 bridgehead atoms. The van der Waals surface area contributed by atoms with Crippen molar-refractivity contribution in [2.24, 2.45) is 11.8 Å². The van der Waals surface area contributed by atoms with E-state index in [1.807, 2.05) is 0 Å². The normalized spacial score (nSPS) is 26.0. The fourth-order valence-corrected chi connectivity index (χ4v) is 5.65. The van der Waals surface area contributed by atoms with Gasteiger partial charge in [-0.3, -0.25) is 14.5 Å². The third-order valence-corrected chi connectivity index (χ3v) is 7.89. The largest absolute Gasteiger partial charge is 0.351 e. The van der Waals surface area contributed by atoms with Gasteiger partial charge in [-0.05, 0) is 43.0 Å². The minimum atomic E-state index is -10.1. The van der Waals surface area contributed by atoms with Crippen molar-refractivity contribution in [1.29, 1.82) is 0 Å². The van der Waals surface area contributed by atoms with Gasteiger partial charge in [0.2, 0.25) is 5.91 Å². The quantitative estimate of drug-likeness (QED) is 0.309. The SMILES string of the molecule is O=C(N[C@H]1CC2CC1CC2(F)F)[C@H](c1cncnc1)N(C(=O)[C@H](F)Cl)c1ccc(S(F)(F)(F)(F)F)cc1. The molecule has 4 rings (SSSR count). The van der Waals surface area contributed by atoms with Gasteiger partial charge in [0.05, 0.1) is 0 Å². The van der Waals surface area contributed by atoms with Crippen LogP contribution >= 0.6 is 21.8 Å². The summed E-state index contributed by atoms with van der Waals surface area (Å²) < 4.78 is 108. The van der Waals surface area contributed by atoms with Crippen LogP contribution in [-0.2, 0) is 9.59 Å². The number of rotatable bonds is 7. The summed E-state index contributed by atoms with van der Waals surface area (Å²) in [6, 6.07) is -1.62. The molecule has 1 aromatic heterocycles. The van der Waals surface area contributed by atoms with E-state index < -0.39 is 74.5 Å². The number of fused-ring (bicyclic) bond motifs is 2. The van der Waals surface area contributed by atoms with Crippen LogP contribution in [0.15, 0.2) is 47.9 Å². The van der Waals surface area contributed by atoms with E-state index in [-0.39, 0.29) is 30.5 Å². The zero-order chi connectivity index (χ0) is 27.5. The van der Waals surface area contributed by atoms with Crippen LogP contribution in [0.4, 0.5) is 38.3 Å². The summed E-state index contributed by atoms with van der Waals surface area (Å²) in [7, 11) is -10.1. The smallest absolute Gasteiger partial charge is 0.310 e. The molecular formula is C21H19ClF8N4O2S. The zero-order valence-corrected chi connectivity index (χ0v) is 20.1. The number of nitrogens with zero attached hydrogens (tertiary/aromatic N) is 3.